The van der Waals surface area contributed by atoms with Crippen LogP contribution in [0.3, 0.4) is 0 Å². The van der Waals surface area contributed by atoms with E-state index in [1.165, 1.54) is 12.1 Å². The zero-order valence-corrected chi connectivity index (χ0v) is 8.83. The van der Waals surface area contributed by atoms with E-state index in [-0.39, 0.29) is 18.0 Å². The minimum absolute atomic E-state index is 0.134. The van der Waals surface area contributed by atoms with Crippen LogP contribution in [0.4, 0.5) is 10.1 Å². The van der Waals surface area contributed by atoms with Crippen molar-refractivity contribution in [1.82, 2.24) is 0 Å². The predicted octanol–water partition coefficient (Wildman–Crippen LogP) is 2.40. The van der Waals surface area contributed by atoms with Gasteiger partial charge in [-0.1, -0.05) is 6.92 Å². The number of benzene rings is 1. The van der Waals surface area contributed by atoms with Gasteiger partial charge in [-0.2, -0.15) is 0 Å². The van der Waals surface area contributed by atoms with Crippen molar-refractivity contribution in [3.63, 3.8) is 0 Å². The lowest BCUT2D eigenvalue weighted by Gasteiger charge is -2.46. The van der Waals surface area contributed by atoms with Gasteiger partial charge in [0.1, 0.15) is 5.82 Å². The van der Waals surface area contributed by atoms with E-state index in [2.05, 4.69) is 12.2 Å². The van der Waals surface area contributed by atoms with Crippen LogP contribution in [0.1, 0.15) is 19.8 Å². The van der Waals surface area contributed by atoms with Crippen molar-refractivity contribution < 1.29 is 9.50 Å². The average molecular weight is 209 g/mol. The Balaban J connectivity index is 2.04. The molecule has 1 aliphatic carbocycles. The van der Waals surface area contributed by atoms with Crippen LogP contribution in [-0.2, 0) is 0 Å². The fourth-order valence-corrected chi connectivity index (χ4v) is 2.38. The van der Waals surface area contributed by atoms with Gasteiger partial charge >= 0.3 is 0 Å². The van der Waals surface area contributed by atoms with Gasteiger partial charge in [0.15, 0.2) is 0 Å². The number of hydrogen-bond donors (Lipinski definition) is 2. The zero-order valence-electron chi connectivity index (χ0n) is 8.83. The summed E-state index contributed by atoms with van der Waals surface area (Å²) in [7, 11) is 0. The Morgan fingerprint density at radius 1 is 1.40 bits per heavy atom. The van der Waals surface area contributed by atoms with Crippen LogP contribution < -0.4 is 5.32 Å². The van der Waals surface area contributed by atoms with Crippen molar-refractivity contribution in [2.45, 2.75) is 25.3 Å². The maximum absolute atomic E-state index is 12.7. The molecule has 0 amide bonds. The van der Waals surface area contributed by atoms with Crippen LogP contribution in [0.25, 0.3) is 0 Å². The van der Waals surface area contributed by atoms with E-state index in [4.69, 9.17) is 0 Å². The molecule has 2 N–H and O–H groups in total. The van der Waals surface area contributed by atoms with Gasteiger partial charge in [0.05, 0.1) is 12.1 Å². The number of rotatable bonds is 3. The van der Waals surface area contributed by atoms with Crippen molar-refractivity contribution in [2.75, 3.05) is 11.9 Å². The minimum atomic E-state index is -0.236. The molecule has 0 aromatic heterocycles. The molecule has 1 aromatic rings. The van der Waals surface area contributed by atoms with Crippen LogP contribution in [0.5, 0.6) is 0 Å². The Morgan fingerprint density at radius 2 is 2.00 bits per heavy atom. The molecule has 0 heterocycles. The Bertz CT molecular complexity index is 330. The highest BCUT2D eigenvalue weighted by Gasteiger charge is 2.41. The fraction of sp³-hybridized carbons (Fsp3) is 0.500. The van der Waals surface area contributed by atoms with E-state index in [1.807, 2.05) is 0 Å². The smallest absolute Gasteiger partial charge is 0.123 e. The number of hydrogen-bond acceptors (Lipinski definition) is 2. The molecule has 2 rings (SSSR count). The number of anilines is 1. The monoisotopic (exact) mass is 209 g/mol. The van der Waals surface area contributed by atoms with E-state index in [0.29, 0.717) is 5.92 Å². The van der Waals surface area contributed by atoms with Crippen molar-refractivity contribution in [3.8, 4) is 0 Å². The number of nitrogens with one attached hydrogen (secondary N) is 1. The van der Waals surface area contributed by atoms with Gasteiger partial charge in [-0.25, -0.2) is 4.39 Å². The van der Waals surface area contributed by atoms with E-state index >= 15 is 0 Å². The number of halogens is 1. The molecule has 1 aromatic carbocycles. The van der Waals surface area contributed by atoms with Crippen molar-refractivity contribution in [1.29, 1.82) is 0 Å². The van der Waals surface area contributed by atoms with Crippen molar-refractivity contribution >= 4 is 5.69 Å². The molecule has 2 nitrogen and oxygen atoms in total. The summed E-state index contributed by atoms with van der Waals surface area (Å²) >= 11 is 0. The first-order valence-electron chi connectivity index (χ1n) is 5.28. The Kier molecular flexibility index (Phi) is 2.65. The molecule has 15 heavy (non-hydrogen) atoms. The predicted molar refractivity (Wildman–Crippen MR) is 58.2 cm³/mol. The molecular weight excluding hydrogens is 193 g/mol. The fourth-order valence-electron chi connectivity index (χ4n) is 2.38. The van der Waals surface area contributed by atoms with Gasteiger partial charge in [0, 0.05) is 5.69 Å². The van der Waals surface area contributed by atoms with Crippen LogP contribution in [0.2, 0.25) is 0 Å². The summed E-state index contributed by atoms with van der Waals surface area (Å²) in [5.41, 5.74) is 0.689. The highest BCUT2D eigenvalue weighted by molar-refractivity contribution is 5.46. The quantitative estimate of drug-likeness (QED) is 0.801. The topological polar surface area (TPSA) is 32.3 Å². The summed E-state index contributed by atoms with van der Waals surface area (Å²) in [5.74, 6) is 0.422. The Hall–Kier alpha value is -1.09. The highest BCUT2D eigenvalue weighted by Crippen LogP contribution is 2.39. The van der Waals surface area contributed by atoms with Gasteiger partial charge in [-0.15, -0.1) is 0 Å². The van der Waals surface area contributed by atoms with Gasteiger partial charge in [0.25, 0.3) is 0 Å². The standard InChI is InChI=1S/C12H16FNO/c1-9-6-12(7-9,8-15)14-11-4-2-10(13)3-5-11/h2-5,9,14-15H,6-8H2,1H3. The summed E-state index contributed by atoms with van der Waals surface area (Å²) in [6, 6.07) is 6.26. The van der Waals surface area contributed by atoms with Crippen LogP contribution in [-0.4, -0.2) is 17.3 Å². The molecule has 0 bridgehead atoms. The lowest BCUT2D eigenvalue weighted by atomic mass is 9.69. The SMILES string of the molecule is CC1CC(CO)(Nc2ccc(F)cc2)C1. The van der Waals surface area contributed by atoms with Gasteiger partial charge in [0.2, 0.25) is 0 Å². The Labute approximate surface area is 89.1 Å². The molecule has 1 aliphatic rings. The van der Waals surface area contributed by atoms with Crippen LogP contribution >= 0.6 is 0 Å². The highest BCUT2D eigenvalue weighted by atomic mass is 19.1. The lowest BCUT2D eigenvalue weighted by molar-refractivity contribution is 0.0992. The van der Waals surface area contributed by atoms with E-state index in [1.54, 1.807) is 12.1 Å². The van der Waals surface area contributed by atoms with Crippen LogP contribution in [0, 0.1) is 11.7 Å². The second-order valence-corrected chi connectivity index (χ2v) is 4.58. The van der Waals surface area contributed by atoms with E-state index in [9.17, 15) is 9.50 Å². The third-order valence-electron chi connectivity index (χ3n) is 3.03. The molecule has 0 saturated heterocycles. The summed E-state index contributed by atoms with van der Waals surface area (Å²) in [5, 5.41) is 12.6. The van der Waals surface area contributed by atoms with Gasteiger partial charge in [-0.3, -0.25) is 0 Å². The average Bonchev–Trinajstić information content (AvgIpc) is 2.18. The molecular formula is C12H16FNO. The van der Waals surface area contributed by atoms with Gasteiger partial charge < -0.3 is 10.4 Å². The number of aliphatic hydroxyl groups is 1. The molecule has 82 valence electrons. The first-order chi connectivity index (χ1) is 7.13. The molecule has 0 radical (unpaired) electrons. The molecule has 1 saturated carbocycles. The molecule has 0 aliphatic heterocycles. The van der Waals surface area contributed by atoms with Crippen LogP contribution in [0.15, 0.2) is 24.3 Å². The third kappa shape index (κ3) is 2.12. The second kappa shape index (κ2) is 3.81. The summed E-state index contributed by atoms with van der Waals surface area (Å²) < 4.78 is 12.7. The summed E-state index contributed by atoms with van der Waals surface area (Å²) in [4.78, 5) is 0. The largest absolute Gasteiger partial charge is 0.394 e. The zero-order chi connectivity index (χ0) is 10.9. The molecule has 0 unspecified atom stereocenters. The second-order valence-electron chi connectivity index (χ2n) is 4.58. The molecule has 0 spiro atoms. The Morgan fingerprint density at radius 3 is 2.47 bits per heavy atom. The third-order valence-corrected chi connectivity index (χ3v) is 3.03. The maximum Gasteiger partial charge on any atom is 0.123 e. The van der Waals surface area contributed by atoms with E-state index < -0.39 is 0 Å². The first kappa shape index (κ1) is 10.4. The maximum atomic E-state index is 12.7. The van der Waals surface area contributed by atoms with E-state index in [0.717, 1.165) is 18.5 Å². The number of aliphatic hydroxyl groups excluding tert-OH is 1. The van der Waals surface area contributed by atoms with Crippen molar-refractivity contribution in [2.24, 2.45) is 5.92 Å². The lowest BCUT2D eigenvalue weighted by Crippen LogP contribution is -2.52. The normalized spacial score (nSPS) is 29.7. The molecule has 1 fully saturated rings. The summed E-state index contributed by atoms with van der Waals surface area (Å²) in [6.07, 6.45) is 1.95. The summed E-state index contributed by atoms with van der Waals surface area (Å²) in [6.45, 7) is 2.30. The van der Waals surface area contributed by atoms with Crippen molar-refractivity contribution in [3.05, 3.63) is 30.1 Å². The minimum Gasteiger partial charge on any atom is -0.394 e. The first-order valence-corrected chi connectivity index (χ1v) is 5.28. The molecule has 0 atom stereocenters. The van der Waals surface area contributed by atoms with Gasteiger partial charge in [-0.05, 0) is 43.0 Å². The molecule has 3 heteroatoms.